The Kier molecular flexibility index (Phi) is 4.85. The van der Waals surface area contributed by atoms with Crippen LogP contribution in [0.4, 0.5) is 0 Å². The second kappa shape index (κ2) is 6.17. The number of nitrogens with two attached hydrogens (primary N) is 1. The molecule has 5 nitrogen and oxygen atoms in total. The van der Waals surface area contributed by atoms with E-state index < -0.39 is 6.04 Å². The fraction of sp³-hybridized carbons (Fsp3) is 0.545. The number of hydrogen-bond acceptors (Lipinski definition) is 4. The van der Waals surface area contributed by atoms with Crippen molar-refractivity contribution in [3.05, 3.63) is 24.8 Å². The standard InChI is InChI=1S/C11H18N4O/c1-3-5-9(12)10(16)7-11-13-8-14-15(11)6-4-2/h3,8-9H,1,4-7,12H2,2H3. The summed E-state index contributed by atoms with van der Waals surface area (Å²) in [7, 11) is 0. The third kappa shape index (κ3) is 3.27. The predicted molar refractivity (Wildman–Crippen MR) is 61.8 cm³/mol. The van der Waals surface area contributed by atoms with Crippen molar-refractivity contribution in [1.82, 2.24) is 14.8 Å². The first-order valence-electron chi connectivity index (χ1n) is 5.44. The zero-order valence-electron chi connectivity index (χ0n) is 9.59. The molecule has 0 amide bonds. The second-order valence-corrected chi connectivity index (χ2v) is 3.67. The van der Waals surface area contributed by atoms with E-state index in [2.05, 4.69) is 23.6 Å². The van der Waals surface area contributed by atoms with Gasteiger partial charge in [-0.3, -0.25) is 4.79 Å². The molecule has 0 bridgehead atoms. The Bertz CT molecular complexity index is 359. The van der Waals surface area contributed by atoms with Gasteiger partial charge in [-0.25, -0.2) is 9.67 Å². The molecule has 1 aromatic heterocycles. The van der Waals surface area contributed by atoms with Crippen LogP contribution in [-0.4, -0.2) is 26.6 Å². The number of aromatic nitrogens is 3. The van der Waals surface area contributed by atoms with Crippen LogP contribution >= 0.6 is 0 Å². The summed E-state index contributed by atoms with van der Waals surface area (Å²) in [5, 5.41) is 4.06. The Morgan fingerprint density at radius 2 is 2.50 bits per heavy atom. The smallest absolute Gasteiger partial charge is 0.157 e. The van der Waals surface area contributed by atoms with Gasteiger partial charge in [0.05, 0.1) is 12.5 Å². The summed E-state index contributed by atoms with van der Waals surface area (Å²) in [6.45, 7) is 6.39. The minimum Gasteiger partial charge on any atom is -0.321 e. The minimum absolute atomic E-state index is 0.0229. The molecule has 0 saturated heterocycles. The van der Waals surface area contributed by atoms with Crippen LogP contribution in [0.15, 0.2) is 19.0 Å². The van der Waals surface area contributed by atoms with E-state index in [0.29, 0.717) is 12.2 Å². The van der Waals surface area contributed by atoms with Crippen molar-refractivity contribution in [2.24, 2.45) is 5.73 Å². The summed E-state index contributed by atoms with van der Waals surface area (Å²) in [5.74, 6) is 0.664. The van der Waals surface area contributed by atoms with Crippen molar-refractivity contribution in [3.8, 4) is 0 Å². The molecule has 0 radical (unpaired) electrons. The van der Waals surface area contributed by atoms with Gasteiger partial charge in [0.15, 0.2) is 5.78 Å². The number of rotatable bonds is 7. The lowest BCUT2D eigenvalue weighted by molar-refractivity contribution is -0.119. The van der Waals surface area contributed by atoms with E-state index in [4.69, 9.17) is 5.73 Å². The number of carbonyl (C=O) groups is 1. The minimum atomic E-state index is -0.482. The highest BCUT2D eigenvalue weighted by Gasteiger charge is 2.15. The summed E-state index contributed by atoms with van der Waals surface area (Å²) in [5.41, 5.74) is 5.69. The molecule has 0 aliphatic carbocycles. The lowest BCUT2D eigenvalue weighted by Crippen LogP contribution is -2.32. The van der Waals surface area contributed by atoms with Crippen LogP contribution < -0.4 is 5.73 Å². The summed E-state index contributed by atoms with van der Waals surface area (Å²) >= 11 is 0. The topological polar surface area (TPSA) is 73.8 Å². The molecule has 88 valence electrons. The first-order valence-corrected chi connectivity index (χ1v) is 5.44. The summed E-state index contributed by atoms with van der Waals surface area (Å²) < 4.78 is 1.75. The SMILES string of the molecule is C=CCC(N)C(=O)Cc1ncnn1CCC. The number of carbonyl (C=O) groups excluding carboxylic acids is 1. The zero-order valence-corrected chi connectivity index (χ0v) is 9.59. The van der Waals surface area contributed by atoms with E-state index in [0.717, 1.165) is 13.0 Å². The molecule has 0 aromatic carbocycles. The molecule has 16 heavy (non-hydrogen) atoms. The molecule has 0 aliphatic rings. The van der Waals surface area contributed by atoms with Crippen LogP contribution in [0.25, 0.3) is 0 Å². The molecular weight excluding hydrogens is 204 g/mol. The van der Waals surface area contributed by atoms with Crippen molar-refractivity contribution < 1.29 is 4.79 Å². The highest BCUT2D eigenvalue weighted by atomic mass is 16.1. The first-order chi connectivity index (χ1) is 7.69. The summed E-state index contributed by atoms with van der Waals surface area (Å²) in [6, 6.07) is -0.482. The highest BCUT2D eigenvalue weighted by Crippen LogP contribution is 2.01. The molecule has 0 spiro atoms. The van der Waals surface area contributed by atoms with Crippen molar-refractivity contribution in [3.63, 3.8) is 0 Å². The van der Waals surface area contributed by atoms with Crippen LogP contribution in [0.5, 0.6) is 0 Å². The summed E-state index contributed by atoms with van der Waals surface area (Å²) in [4.78, 5) is 15.8. The molecule has 1 atom stereocenters. The van der Waals surface area contributed by atoms with Gasteiger partial charge in [0.1, 0.15) is 12.2 Å². The van der Waals surface area contributed by atoms with E-state index >= 15 is 0 Å². The maximum absolute atomic E-state index is 11.7. The van der Waals surface area contributed by atoms with E-state index in [9.17, 15) is 4.79 Å². The van der Waals surface area contributed by atoms with Gasteiger partial charge in [-0.15, -0.1) is 6.58 Å². The average molecular weight is 222 g/mol. The fourth-order valence-electron chi connectivity index (χ4n) is 1.42. The molecule has 0 aliphatic heterocycles. The van der Waals surface area contributed by atoms with Gasteiger partial charge in [0.2, 0.25) is 0 Å². The molecule has 2 N–H and O–H groups in total. The molecule has 1 rings (SSSR count). The Morgan fingerprint density at radius 3 is 3.12 bits per heavy atom. The van der Waals surface area contributed by atoms with E-state index in [1.54, 1.807) is 10.8 Å². The van der Waals surface area contributed by atoms with Gasteiger partial charge in [-0.05, 0) is 12.8 Å². The van der Waals surface area contributed by atoms with Gasteiger partial charge >= 0.3 is 0 Å². The van der Waals surface area contributed by atoms with Gasteiger partial charge < -0.3 is 5.73 Å². The Labute approximate surface area is 95.4 Å². The number of Topliss-reactive ketones (excluding diaryl/α,β-unsaturated/α-hetero) is 1. The fourth-order valence-corrected chi connectivity index (χ4v) is 1.42. The molecule has 0 fully saturated rings. The van der Waals surface area contributed by atoms with Crippen molar-refractivity contribution in [1.29, 1.82) is 0 Å². The lowest BCUT2D eigenvalue weighted by atomic mass is 10.1. The van der Waals surface area contributed by atoms with Crippen LogP contribution in [0, 0.1) is 0 Å². The molecule has 1 aromatic rings. The Balaban J connectivity index is 2.61. The molecular formula is C11H18N4O. The monoisotopic (exact) mass is 222 g/mol. The van der Waals surface area contributed by atoms with Crippen LogP contribution in [0.2, 0.25) is 0 Å². The number of aryl methyl sites for hydroxylation is 1. The third-order valence-electron chi connectivity index (χ3n) is 2.30. The maximum atomic E-state index is 11.7. The normalized spacial score (nSPS) is 12.4. The number of nitrogens with zero attached hydrogens (tertiary/aromatic N) is 3. The van der Waals surface area contributed by atoms with Crippen LogP contribution in [-0.2, 0) is 17.8 Å². The Morgan fingerprint density at radius 1 is 1.75 bits per heavy atom. The quantitative estimate of drug-likeness (QED) is 0.689. The number of hydrogen-bond donors (Lipinski definition) is 1. The van der Waals surface area contributed by atoms with Gasteiger partial charge in [0, 0.05) is 6.54 Å². The van der Waals surface area contributed by atoms with Crippen LogP contribution in [0.1, 0.15) is 25.6 Å². The first kappa shape index (κ1) is 12.6. The van der Waals surface area contributed by atoms with Crippen LogP contribution in [0.3, 0.4) is 0 Å². The molecule has 5 heteroatoms. The largest absolute Gasteiger partial charge is 0.321 e. The van der Waals surface area contributed by atoms with E-state index in [-0.39, 0.29) is 12.2 Å². The highest BCUT2D eigenvalue weighted by molar-refractivity contribution is 5.85. The lowest BCUT2D eigenvalue weighted by Gasteiger charge is -2.08. The van der Waals surface area contributed by atoms with E-state index in [1.165, 1.54) is 6.33 Å². The van der Waals surface area contributed by atoms with Gasteiger partial charge in [-0.1, -0.05) is 13.0 Å². The van der Waals surface area contributed by atoms with E-state index in [1.807, 2.05) is 0 Å². The number of ketones is 1. The maximum Gasteiger partial charge on any atom is 0.157 e. The van der Waals surface area contributed by atoms with Crippen molar-refractivity contribution >= 4 is 5.78 Å². The molecule has 0 saturated carbocycles. The van der Waals surface area contributed by atoms with Crippen molar-refractivity contribution in [2.45, 2.75) is 38.8 Å². The predicted octanol–water partition coefficient (Wildman–Crippen LogP) is 0.703. The third-order valence-corrected chi connectivity index (χ3v) is 2.30. The molecule has 1 unspecified atom stereocenters. The zero-order chi connectivity index (χ0) is 12.0. The Hall–Kier alpha value is -1.49. The average Bonchev–Trinajstić information content (AvgIpc) is 2.67. The molecule has 1 heterocycles. The van der Waals surface area contributed by atoms with Gasteiger partial charge in [-0.2, -0.15) is 5.10 Å². The van der Waals surface area contributed by atoms with Crippen molar-refractivity contribution in [2.75, 3.05) is 0 Å². The second-order valence-electron chi connectivity index (χ2n) is 3.67. The van der Waals surface area contributed by atoms with Gasteiger partial charge in [0.25, 0.3) is 0 Å². The summed E-state index contributed by atoms with van der Waals surface area (Å²) in [6.07, 6.45) is 4.83.